The van der Waals surface area contributed by atoms with Crippen molar-refractivity contribution in [1.82, 2.24) is 4.98 Å². The van der Waals surface area contributed by atoms with Crippen molar-refractivity contribution in [2.24, 2.45) is 0 Å². The number of aliphatic hydroxyl groups excluding tert-OH is 1. The molecule has 3 aromatic carbocycles. The van der Waals surface area contributed by atoms with E-state index in [2.05, 4.69) is 23.2 Å². The summed E-state index contributed by atoms with van der Waals surface area (Å²) in [7, 11) is 0. The second kappa shape index (κ2) is 9.33. The Morgan fingerprint density at radius 2 is 1.82 bits per heavy atom. The number of thioether (sulfide) groups is 1. The zero-order valence-electron chi connectivity index (χ0n) is 17.7. The van der Waals surface area contributed by atoms with Gasteiger partial charge in [-0.1, -0.05) is 42.5 Å². The van der Waals surface area contributed by atoms with Gasteiger partial charge < -0.3 is 9.84 Å². The molecular formula is C27H21F2NO2S. The number of hydrogen-bond donors (Lipinski definition) is 1. The minimum Gasteiger partial charge on any atom is -0.489 e. The van der Waals surface area contributed by atoms with Crippen LogP contribution in [0, 0.1) is 11.6 Å². The summed E-state index contributed by atoms with van der Waals surface area (Å²) in [6.07, 6.45) is 3.79. The molecule has 1 aliphatic heterocycles. The molecule has 166 valence electrons. The van der Waals surface area contributed by atoms with Gasteiger partial charge in [-0.25, -0.2) is 13.8 Å². The molecular weight excluding hydrogens is 440 g/mol. The Morgan fingerprint density at radius 1 is 0.970 bits per heavy atom. The van der Waals surface area contributed by atoms with Crippen LogP contribution in [0.3, 0.4) is 0 Å². The fourth-order valence-electron chi connectivity index (χ4n) is 4.01. The van der Waals surface area contributed by atoms with Crippen molar-refractivity contribution in [3.63, 3.8) is 0 Å². The van der Waals surface area contributed by atoms with Gasteiger partial charge in [0, 0.05) is 22.8 Å². The van der Waals surface area contributed by atoms with Gasteiger partial charge in [-0.05, 0) is 47.0 Å². The lowest BCUT2D eigenvalue weighted by molar-refractivity contribution is 0.307. The predicted octanol–water partition coefficient (Wildman–Crippen LogP) is 6.39. The van der Waals surface area contributed by atoms with Crippen LogP contribution < -0.4 is 4.74 Å². The number of hydrogen-bond acceptors (Lipinski definition) is 4. The standard InChI is InChI=1S/C27H21F2NO2S/c28-23-14-18-7-9-20(30-25(18)15-24(23)29)8-5-17-6-10-26-22(13-17)27(33-12-11-31)21-4-2-1-3-19(21)16-32-26/h1-10,13-15,27,31H,11-12,16H2. The minimum atomic E-state index is -0.909. The minimum absolute atomic E-state index is 0.0517. The highest BCUT2D eigenvalue weighted by molar-refractivity contribution is 7.99. The molecule has 1 unspecified atom stereocenters. The molecule has 2 heterocycles. The Balaban J connectivity index is 1.49. The number of aliphatic hydroxyl groups is 1. The second-order valence-corrected chi connectivity index (χ2v) is 9.00. The smallest absolute Gasteiger partial charge is 0.161 e. The molecule has 0 fully saturated rings. The molecule has 0 amide bonds. The summed E-state index contributed by atoms with van der Waals surface area (Å²) < 4.78 is 33.1. The van der Waals surface area contributed by atoms with Crippen molar-refractivity contribution < 1.29 is 18.6 Å². The first kappa shape index (κ1) is 21.6. The van der Waals surface area contributed by atoms with E-state index in [9.17, 15) is 13.9 Å². The van der Waals surface area contributed by atoms with Gasteiger partial charge in [0.15, 0.2) is 11.6 Å². The summed E-state index contributed by atoms with van der Waals surface area (Å²) in [4.78, 5) is 4.43. The van der Waals surface area contributed by atoms with Crippen LogP contribution in [0.5, 0.6) is 5.75 Å². The van der Waals surface area contributed by atoms with Gasteiger partial charge in [0.05, 0.1) is 23.1 Å². The number of aromatic nitrogens is 1. The number of pyridine rings is 1. The Kier molecular flexibility index (Phi) is 6.11. The van der Waals surface area contributed by atoms with Gasteiger partial charge in [-0.3, -0.25) is 0 Å². The Bertz CT molecular complexity index is 1360. The van der Waals surface area contributed by atoms with Crippen molar-refractivity contribution in [1.29, 1.82) is 0 Å². The van der Waals surface area contributed by atoms with Crippen LogP contribution in [-0.4, -0.2) is 22.5 Å². The van der Waals surface area contributed by atoms with Gasteiger partial charge in [-0.2, -0.15) is 0 Å². The van der Waals surface area contributed by atoms with E-state index in [0.29, 0.717) is 29.0 Å². The summed E-state index contributed by atoms with van der Waals surface area (Å²) >= 11 is 1.69. The lowest BCUT2D eigenvalue weighted by Gasteiger charge is -2.18. The van der Waals surface area contributed by atoms with E-state index in [0.717, 1.165) is 34.6 Å². The molecule has 33 heavy (non-hydrogen) atoms. The first-order chi connectivity index (χ1) is 16.1. The van der Waals surface area contributed by atoms with Crippen molar-refractivity contribution in [3.05, 3.63) is 106 Å². The second-order valence-electron chi connectivity index (χ2n) is 7.79. The Hall–Kier alpha value is -3.22. The van der Waals surface area contributed by atoms with E-state index >= 15 is 0 Å². The van der Waals surface area contributed by atoms with Gasteiger partial charge in [-0.15, -0.1) is 11.8 Å². The van der Waals surface area contributed by atoms with E-state index in [-0.39, 0.29) is 11.9 Å². The topological polar surface area (TPSA) is 42.4 Å². The summed E-state index contributed by atoms with van der Waals surface area (Å²) in [5.74, 6) is -0.333. The van der Waals surface area contributed by atoms with Crippen LogP contribution in [0.15, 0.2) is 66.7 Å². The zero-order valence-corrected chi connectivity index (χ0v) is 18.5. The molecule has 5 rings (SSSR count). The summed E-state index contributed by atoms with van der Waals surface area (Å²) in [5, 5.41) is 10.0. The van der Waals surface area contributed by atoms with Crippen LogP contribution in [0.2, 0.25) is 0 Å². The van der Waals surface area contributed by atoms with E-state index in [1.54, 1.807) is 23.9 Å². The highest BCUT2D eigenvalue weighted by atomic mass is 32.2. The monoisotopic (exact) mass is 461 g/mol. The predicted molar refractivity (Wildman–Crippen MR) is 129 cm³/mol. The quantitative estimate of drug-likeness (QED) is 0.374. The third-order valence-electron chi connectivity index (χ3n) is 5.61. The molecule has 4 aromatic rings. The maximum atomic E-state index is 13.6. The molecule has 1 N–H and O–H groups in total. The maximum Gasteiger partial charge on any atom is 0.161 e. The van der Waals surface area contributed by atoms with E-state index in [1.807, 2.05) is 36.4 Å². The van der Waals surface area contributed by atoms with Gasteiger partial charge in [0.25, 0.3) is 0 Å². The first-order valence-corrected chi connectivity index (χ1v) is 11.7. The van der Waals surface area contributed by atoms with E-state index < -0.39 is 11.6 Å². The van der Waals surface area contributed by atoms with Crippen molar-refractivity contribution >= 4 is 34.8 Å². The van der Waals surface area contributed by atoms with E-state index in [4.69, 9.17) is 4.74 Å². The van der Waals surface area contributed by atoms with Crippen molar-refractivity contribution in [2.45, 2.75) is 11.9 Å². The van der Waals surface area contributed by atoms with E-state index in [1.165, 1.54) is 5.56 Å². The fraction of sp³-hybridized carbons (Fsp3) is 0.148. The maximum absolute atomic E-state index is 13.6. The van der Waals surface area contributed by atoms with Crippen LogP contribution in [0.4, 0.5) is 8.78 Å². The van der Waals surface area contributed by atoms with Gasteiger partial charge in [0.1, 0.15) is 12.4 Å². The number of nitrogens with zero attached hydrogens (tertiary/aromatic N) is 1. The average Bonchev–Trinajstić information content (AvgIpc) is 2.98. The summed E-state index contributed by atoms with van der Waals surface area (Å²) in [6, 6.07) is 20.1. The molecule has 1 aliphatic rings. The van der Waals surface area contributed by atoms with Crippen LogP contribution in [0.1, 0.15) is 33.2 Å². The largest absolute Gasteiger partial charge is 0.489 e. The molecule has 6 heteroatoms. The first-order valence-electron chi connectivity index (χ1n) is 10.6. The van der Waals surface area contributed by atoms with Crippen molar-refractivity contribution in [3.8, 4) is 5.75 Å². The SMILES string of the molecule is OCCSC1c2ccccc2COc2ccc(C=Cc3ccc4cc(F)c(F)cc4n3)cc21. The molecule has 1 aromatic heterocycles. The molecule has 0 saturated heterocycles. The van der Waals surface area contributed by atoms with Crippen molar-refractivity contribution in [2.75, 3.05) is 12.4 Å². The molecule has 0 bridgehead atoms. The number of fused-ring (bicyclic) bond motifs is 3. The average molecular weight is 462 g/mol. The molecule has 0 aliphatic carbocycles. The third kappa shape index (κ3) is 4.49. The number of ether oxygens (including phenoxy) is 1. The molecule has 3 nitrogen and oxygen atoms in total. The van der Waals surface area contributed by atoms with Crippen LogP contribution >= 0.6 is 11.8 Å². The molecule has 1 atom stereocenters. The van der Waals surface area contributed by atoms with Crippen LogP contribution in [0.25, 0.3) is 23.1 Å². The highest BCUT2D eigenvalue weighted by Crippen LogP contribution is 2.44. The zero-order chi connectivity index (χ0) is 22.8. The Labute approximate surface area is 194 Å². The number of rotatable bonds is 5. The number of benzene rings is 3. The van der Waals surface area contributed by atoms with Gasteiger partial charge in [0.2, 0.25) is 0 Å². The Morgan fingerprint density at radius 3 is 2.70 bits per heavy atom. The highest BCUT2D eigenvalue weighted by Gasteiger charge is 2.25. The lowest BCUT2D eigenvalue weighted by Crippen LogP contribution is -2.01. The number of halogens is 2. The fourth-order valence-corrected chi connectivity index (χ4v) is 5.12. The summed E-state index contributed by atoms with van der Waals surface area (Å²) in [6.45, 7) is 0.615. The van der Waals surface area contributed by atoms with Gasteiger partial charge >= 0.3 is 0 Å². The van der Waals surface area contributed by atoms with Crippen LogP contribution in [-0.2, 0) is 6.61 Å². The molecule has 0 spiro atoms. The third-order valence-corrected chi connectivity index (χ3v) is 6.87. The summed E-state index contributed by atoms with van der Waals surface area (Å²) in [5.41, 5.74) is 5.43. The normalized spacial score (nSPS) is 15.2. The molecule has 0 saturated carbocycles. The lowest BCUT2D eigenvalue weighted by atomic mass is 9.98. The molecule has 0 radical (unpaired) electrons.